The third-order valence-electron chi connectivity index (χ3n) is 13.4. The van der Waals surface area contributed by atoms with Crippen molar-refractivity contribution in [1.29, 1.82) is 0 Å². The van der Waals surface area contributed by atoms with Crippen molar-refractivity contribution in [3.8, 4) is 0 Å². The molecule has 10 amide bonds. The van der Waals surface area contributed by atoms with Crippen LogP contribution in [0.5, 0.6) is 0 Å². The molecule has 0 aromatic heterocycles. The van der Waals surface area contributed by atoms with Gasteiger partial charge in [0.15, 0.2) is 0 Å². The molecule has 1 aliphatic heterocycles. The number of cyclic esters (lactones) is 1. The maximum Gasteiger partial charge on any atom is 0.328 e. The number of amides is 10. The van der Waals surface area contributed by atoms with E-state index in [1.807, 2.05) is 0 Å². The Kier molecular flexibility index (Phi) is 33.0. The maximum absolute atomic E-state index is 14.4. The molecule has 2 unspecified atom stereocenters. The zero-order valence-electron chi connectivity index (χ0n) is 48.4. The van der Waals surface area contributed by atoms with Gasteiger partial charge in [-0.1, -0.05) is 76.8 Å². The van der Waals surface area contributed by atoms with E-state index in [2.05, 4.69) is 60.1 Å². The standard InChI is InChI=1S/C54H93N15O13/c1-7-8-9-10-14-17-42(71)62-35(18-23-55)49(76)69-44(32(5)70)53(80)66-38(21-26-58)46(73)65-39-22-27-60-52(79)43(59)33(6)82-54(81)31(4)61-45(72)36(19-24-56)64-50(77)40(28-30(2)3)67-51(78)41(29-34-15-12-11-13-16-34)68-47(74)37(20-25-57)63-48(39)75/h11-13,15-16,30-33,35-41,43-44,70H,7-10,14,17-29,55-59H2,1-6H3,(H,60,79)(H,61,72)(H,62,71)(H,63,75)(H,64,77)(H,65,73)(H,66,80)(H,67,78)(H,68,74)(H,69,76)/t31-,32+,33+,35-,36-,37?,38-,39?,40-,41+,43-,44-/m0/s1. The molecular weight excluding hydrogens is 1070 g/mol. The summed E-state index contributed by atoms with van der Waals surface area (Å²) in [6.45, 7) is 8.63. The molecule has 21 N–H and O–H groups in total. The fourth-order valence-electron chi connectivity index (χ4n) is 8.61. The van der Waals surface area contributed by atoms with Crippen molar-refractivity contribution in [2.45, 2.75) is 198 Å². The molecule has 1 aliphatic rings. The zero-order chi connectivity index (χ0) is 61.5. The van der Waals surface area contributed by atoms with Crippen LogP contribution in [0.25, 0.3) is 0 Å². The molecule has 1 aromatic carbocycles. The fraction of sp³-hybridized carbons (Fsp3) is 0.685. The Bertz CT molecular complexity index is 2240. The van der Waals surface area contributed by atoms with Gasteiger partial charge in [-0.3, -0.25) is 47.9 Å². The summed E-state index contributed by atoms with van der Waals surface area (Å²) in [7, 11) is 0. The number of aliphatic hydroxyl groups excluding tert-OH is 1. The molecule has 1 saturated heterocycles. The minimum absolute atomic E-state index is 0.00478. The van der Waals surface area contributed by atoms with Crippen LogP contribution < -0.4 is 81.8 Å². The third-order valence-corrected chi connectivity index (χ3v) is 13.4. The van der Waals surface area contributed by atoms with Gasteiger partial charge in [-0.05, 0) is 103 Å². The average Bonchev–Trinajstić information content (AvgIpc) is 3.48. The molecule has 1 heterocycles. The van der Waals surface area contributed by atoms with Gasteiger partial charge in [0, 0.05) is 19.4 Å². The van der Waals surface area contributed by atoms with Gasteiger partial charge in [0.1, 0.15) is 66.5 Å². The summed E-state index contributed by atoms with van der Waals surface area (Å²) in [5.74, 6) is -9.66. The molecule has 2 rings (SSSR count). The van der Waals surface area contributed by atoms with Crippen molar-refractivity contribution in [2.24, 2.45) is 34.6 Å². The molecule has 462 valence electrons. The van der Waals surface area contributed by atoms with Crippen LogP contribution in [0.4, 0.5) is 0 Å². The Morgan fingerprint density at radius 2 is 1.18 bits per heavy atom. The summed E-state index contributed by atoms with van der Waals surface area (Å²) in [5, 5.41) is 36.4. The van der Waals surface area contributed by atoms with Gasteiger partial charge in [0.25, 0.3) is 0 Å². The van der Waals surface area contributed by atoms with Gasteiger partial charge in [-0.2, -0.15) is 0 Å². The lowest BCUT2D eigenvalue weighted by Gasteiger charge is -2.29. The average molecular weight is 1160 g/mol. The number of nitrogens with two attached hydrogens (primary N) is 5. The second-order valence-electron chi connectivity index (χ2n) is 21.0. The first-order valence-electron chi connectivity index (χ1n) is 28.4. The number of ether oxygens (including phenoxy) is 1. The van der Waals surface area contributed by atoms with E-state index >= 15 is 0 Å². The van der Waals surface area contributed by atoms with E-state index in [1.165, 1.54) is 20.8 Å². The Morgan fingerprint density at radius 3 is 1.76 bits per heavy atom. The molecule has 0 aliphatic carbocycles. The van der Waals surface area contributed by atoms with Gasteiger partial charge < -0.3 is 91.7 Å². The minimum atomic E-state index is -1.68. The van der Waals surface area contributed by atoms with Crippen molar-refractivity contribution in [1.82, 2.24) is 53.2 Å². The first-order valence-corrected chi connectivity index (χ1v) is 28.4. The van der Waals surface area contributed by atoms with Crippen LogP contribution in [0.3, 0.4) is 0 Å². The number of esters is 1. The van der Waals surface area contributed by atoms with Gasteiger partial charge >= 0.3 is 5.97 Å². The lowest BCUT2D eigenvalue weighted by molar-refractivity contribution is -0.154. The number of rotatable bonds is 26. The van der Waals surface area contributed by atoms with E-state index in [9.17, 15) is 57.8 Å². The number of nitrogens with one attached hydrogen (secondary N) is 10. The van der Waals surface area contributed by atoms with Crippen molar-refractivity contribution < 1.29 is 62.6 Å². The number of carbonyl (C=O) groups is 11. The van der Waals surface area contributed by atoms with Gasteiger partial charge in [0.2, 0.25) is 59.1 Å². The lowest BCUT2D eigenvalue weighted by atomic mass is 10.00. The molecule has 12 atom stereocenters. The number of aliphatic hydroxyl groups is 1. The van der Waals surface area contributed by atoms with Crippen molar-refractivity contribution >= 4 is 65.0 Å². The quantitative estimate of drug-likeness (QED) is 0.0307. The molecule has 28 nitrogen and oxygen atoms in total. The molecule has 0 saturated carbocycles. The number of benzene rings is 1. The monoisotopic (exact) mass is 1160 g/mol. The van der Waals surface area contributed by atoms with E-state index in [0.717, 1.165) is 25.7 Å². The second kappa shape index (κ2) is 38.0. The molecule has 1 aromatic rings. The van der Waals surface area contributed by atoms with Crippen molar-refractivity contribution in [3.05, 3.63) is 35.9 Å². The Labute approximate surface area is 480 Å². The van der Waals surface area contributed by atoms with Gasteiger partial charge in [-0.25, -0.2) is 4.79 Å². The van der Waals surface area contributed by atoms with Crippen LogP contribution in [0.15, 0.2) is 30.3 Å². The van der Waals surface area contributed by atoms with Gasteiger partial charge in [0.05, 0.1) is 6.10 Å². The van der Waals surface area contributed by atoms with E-state index in [4.69, 9.17) is 33.4 Å². The normalized spacial score (nSPS) is 23.5. The number of unbranched alkanes of at least 4 members (excludes halogenated alkanes) is 4. The highest BCUT2D eigenvalue weighted by atomic mass is 16.5. The van der Waals surface area contributed by atoms with Crippen LogP contribution in [-0.2, 0) is 63.9 Å². The highest BCUT2D eigenvalue weighted by molar-refractivity contribution is 5.98. The zero-order valence-corrected chi connectivity index (χ0v) is 48.4. The summed E-state index contributed by atoms with van der Waals surface area (Å²) in [6.07, 6.45) is 0.704. The molecule has 0 spiro atoms. The van der Waals surface area contributed by atoms with Crippen LogP contribution in [0.1, 0.15) is 124 Å². The second-order valence-corrected chi connectivity index (χ2v) is 21.0. The third kappa shape index (κ3) is 25.5. The summed E-state index contributed by atoms with van der Waals surface area (Å²) in [5.41, 5.74) is 30.2. The van der Waals surface area contributed by atoms with Crippen molar-refractivity contribution in [2.75, 3.05) is 32.7 Å². The van der Waals surface area contributed by atoms with Crippen LogP contribution in [0, 0.1) is 5.92 Å². The molecule has 0 radical (unpaired) electrons. The number of carbonyl (C=O) groups excluding carboxylic acids is 11. The van der Waals surface area contributed by atoms with E-state index in [1.54, 1.807) is 44.2 Å². The summed E-state index contributed by atoms with van der Waals surface area (Å²) in [6, 6.07) is -5.71. The SMILES string of the molecule is CCCCCCCC(=O)N[C@@H](CCN)C(=O)N[C@H](C(=O)N[C@@H](CCN)C(=O)NC1CCNC(=O)[C@@H](N)[C@@H](C)OC(=O)[C@H](C)NC(=O)[C@H](CCN)NC(=O)[C@H](CC(C)C)NC(=O)[C@@H](Cc2ccccc2)NC(=O)C(CCN)NC1=O)[C@@H](C)O. The predicted octanol–water partition coefficient (Wildman–Crippen LogP) is -4.43. The predicted molar refractivity (Wildman–Crippen MR) is 304 cm³/mol. The Morgan fingerprint density at radius 1 is 0.646 bits per heavy atom. The lowest BCUT2D eigenvalue weighted by Crippen LogP contribution is -2.62. The molecule has 28 heteroatoms. The molecule has 1 fully saturated rings. The first kappa shape index (κ1) is 71.3. The summed E-state index contributed by atoms with van der Waals surface area (Å²) in [4.78, 5) is 152. The first-order chi connectivity index (χ1) is 38.9. The molecular formula is C54H93N15O13. The summed E-state index contributed by atoms with van der Waals surface area (Å²) < 4.78 is 5.43. The Balaban J connectivity index is 2.61. The topological polar surface area (TPSA) is 468 Å². The highest BCUT2D eigenvalue weighted by Crippen LogP contribution is 2.12. The number of hydrogen-bond donors (Lipinski definition) is 16. The fourth-order valence-corrected chi connectivity index (χ4v) is 8.61. The van der Waals surface area contributed by atoms with Gasteiger partial charge in [-0.15, -0.1) is 0 Å². The van der Waals surface area contributed by atoms with Crippen molar-refractivity contribution in [3.63, 3.8) is 0 Å². The van der Waals surface area contributed by atoms with E-state index in [-0.39, 0.29) is 83.6 Å². The smallest absolute Gasteiger partial charge is 0.328 e. The maximum atomic E-state index is 14.4. The summed E-state index contributed by atoms with van der Waals surface area (Å²) >= 11 is 0. The highest BCUT2D eigenvalue weighted by Gasteiger charge is 2.37. The van der Waals surface area contributed by atoms with E-state index in [0.29, 0.717) is 12.0 Å². The molecule has 82 heavy (non-hydrogen) atoms. The Hall–Kier alpha value is -6.85. The van der Waals surface area contributed by atoms with E-state index < -0.39 is 144 Å². The minimum Gasteiger partial charge on any atom is -0.459 e. The molecule has 0 bridgehead atoms. The number of hydrogen-bond acceptors (Lipinski definition) is 18. The van der Waals surface area contributed by atoms with Crippen LogP contribution in [-0.4, -0.2) is 175 Å². The largest absolute Gasteiger partial charge is 0.459 e. The van der Waals surface area contributed by atoms with Crippen LogP contribution in [0.2, 0.25) is 0 Å². The van der Waals surface area contributed by atoms with Crippen LogP contribution >= 0.6 is 0 Å².